The number of benzene rings is 1. The maximum atomic E-state index is 11.0. The number of aromatic carboxylic acids is 1. The molecule has 0 atom stereocenters. The molecule has 0 saturated heterocycles. The molecule has 0 radical (unpaired) electrons. The van der Waals surface area contributed by atoms with E-state index in [1.165, 1.54) is 5.56 Å². The van der Waals surface area contributed by atoms with Crippen molar-refractivity contribution in [1.82, 2.24) is 0 Å². The predicted molar refractivity (Wildman–Crippen MR) is 89.5 cm³/mol. The standard InChI is InChI=1S/C17H19NO3S/c1-3-4-12-5-7-13(8-6-12)11(2)16(21-18)14-9-10-15(22-14)17(19)20/h5-10H,3-4,18H2,1-2H3,(H,19,20)/b16-11+. The molecule has 116 valence electrons. The van der Waals surface area contributed by atoms with Gasteiger partial charge in [-0.3, -0.25) is 0 Å². The highest BCUT2D eigenvalue weighted by Gasteiger charge is 2.14. The molecule has 2 rings (SSSR count). The fourth-order valence-electron chi connectivity index (χ4n) is 2.25. The van der Waals surface area contributed by atoms with Crippen molar-refractivity contribution >= 4 is 28.6 Å². The van der Waals surface area contributed by atoms with Gasteiger partial charge in [-0.25, -0.2) is 4.79 Å². The van der Waals surface area contributed by atoms with Gasteiger partial charge in [0, 0.05) is 5.57 Å². The predicted octanol–water partition coefficient (Wildman–Crippen LogP) is 4.18. The van der Waals surface area contributed by atoms with E-state index < -0.39 is 5.97 Å². The summed E-state index contributed by atoms with van der Waals surface area (Å²) in [5, 5.41) is 9.01. The molecule has 1 heterocycles. The normalized spacial score (nSPS) is 12.0. The van der Waals surface area contributed by atoms with Crippen molar-refractivity contribution in [3.05, 3.63) is 57.3 Å². The summed E-state index contributed by atoms with van der Waals surface area (Å²) in [6.07, 6.45) is 2.16. The van der Waals surface area contributed by atoms with Crippen LogP contribution in [0.1, 0.15) is 45.9 Å². The molecule has 4 nitrogen and oxygen atoms in total. The van der Waals surface area contributed by atoms with Gasteiger partial charge in [0.05, 0.1) is 4.88 Å². The Kier molecular flexibility index (Phi) is 5.35. The maximum absolute atomic E-state index is 11.0. The van der Waals surface area contributed by atoms with E-state index in [2.05, 4.69) is 19.1 Å². The lowest BCUT2D eigenvalue weighted by atomic mass is 10.0. The number of carboxylic acids is 1. The molecule has 22 heavy (non-hydrogen) atoms. The number of rotatable bonds is 6. The third-order valence-corrected chi connectivity index (χ3v) is 4.50. The van der Waals surface area contributed by atoms with Crippen LogP contribution in [0, 0.1) is 0 Å². The van der Waals surface area contributed by atoms with E-state index in [1.54, 1.807) is 12.1 Å². The van der Waals surface area contributed by atoms with Crippen molar-refractivity contribution in [1.29, 1.82) is 0 Å². The number of allylic oxidation sites excluding steroid dienone is 1. The van der Waals surface area contributed by atoms with E-state index in [4.69, 9.17) is 15.8 Å². The Labute approximate surface area is 133 Å². The van der Waals surface area contributed by atoms with Crippen LogP contribution in [0.2, 0.25) is 0 Å². The Morgan fingerprint density at radius 2 is 1.82 bits per heavy atom. The highest BCUT2D eigenvalue weighted by Crippen LogP contribution is 2.31. The smallest absolute Gasteiger partial charge is 0.345 e. The number of carboxylic acid groups (broad SMARTS) is 1. The van der Waals surface area contributed by atoms with Crippen molar-refractivity contribution in [2.75, 3.05) is 0 Å². The molecule has 0 bridgehead atoms. The molecule has 1 aromatic carbocycles. The van der Waals surface area contributed by atoms with Gasteiger partial charge in [-0.1, -0.05) is 37.6 Å². The van der Waals surface area contributed by atoms with Crippen LogP contribution in [-0.4, -0.2) is 11.1 Å². The monoisotopic (exact) mass is 317 g/mol. The van der Waals surface area contributed by atoms with Crippen LogP contribution >= 0.6 is 11.3 Å². The molecule has 0 aliphatic carbocycles. The molecule has 5 heteroatoms. The third-order valence-electron chi connectivity index (χ3n) is 3.42. The molecular formula is C17H19NO3S. The summed E-state index contributed by atoms with van der Waals surface area (Å²) in [6.45, 7) is 4.06. The van der Waals surface area contributed by atoms with Crippen LogP contribution in [0.4, 0.5) is 0 Å². The van der Waals surface area contributed by atoms with Crippen molar-refractivity contribution in [2.45, 2.75) is 26.7 Å². The minimum absolute atomic E-state index is 0.260. The van der Waals surface area contributed by atoms with E-state index in [9.17, 15) is 4.79 Å². The Morgan fingerprint density at radius 1 is 1.18 bits per heavy atom. The highest BCUT2D eigenvalue weighted by molar-refractivity contribution is 7.15. The molecule has 0 amide bonds. The van der Waals surface area contributed by atoms with Crippen LogP contribution in [0.25, 0.3) is 11.3 Å². The summed E-state index contributed by atoms with van der Waals surface area (Å²) in [6, 6.07) is 11.5. The van der Waals surface area contributed by atoms with Crippen LogP contribution < -0.4 is 5.90 Å². The average Bonchev–Trinajstić information content (AvgIpc) is 2.99. The summed E-state index contributed by atoms with van der Waals surface area (Å²) in [4.78, 5) is 17.0. The van der Waals surface area contributed by atoms with Gasteiger partial charge in [-0.15, -0.1) is 11.3 Å². The number of carbonyl (C=O) groups is 1. The SMILES string of the molecule is CCCc1ccc(/C(C)=C(/ON)c2ccc(C(=O)O)s2)cc1. The van der Waals surface area contributed by atoms with Gasteiger partial charge in [-0.2, -0.15) is 5.90 Å². The molecule has 0 fully saturated rings. The first kappa shape index (κ1) is 16.3. The Balaban J connectivity index is 2.36. The topological polar surface area (TPSA) is 72.5 Å². The lowest BCUT2D eigenvalue weighted by Crippen LogP contribution is -2.00. The molecule has 0 aliphatic heterocycles. The summed E-state index contributed by atoms with van der Waals surface area (Å²) >= 11 is 1.15. The first-order valence-electron chi connectivity index (χ1n) is 7.07. The minimum Gasteiger partial charge on any atom is -0.477 e. The van der Waals surface area contributed by atoms with E-state index >= 15 is 0 Å². The second-order valence-corrected chi connectivity index (χ2v) is 6.07. The first-order valence-corrected chi connectivity index (χ1v) is 7.89. The maximum Gasteiger partial charge on any atom is 0.345 e. The fraction of sp³-hybridized carbons (Fsp3) is 0.235. The quantitative estimate of drug-likeness (QED) is 0.619. The number of nitrogens with two attached hydrogens (primary N) is 1. The van der Waals surface area contributed by atoms with Gasteiger partial charge in [-0.05, 0) is 36.6 Å². The van der Waals surface area contributed by atoms with Crippen LogP contribution in [0.5, 0.6) is 0 Å². The van der Waals surface area contributed by atoms with Gasteiger partial charge >= 0.3 is 5.97 Å². The lowest BCUT2D eigenvalue weighted by molar-refractivity contribution is 0.0702. The Bertz CT molecular complexity index is 686. The first-order chi connectivity index (χ1) is 10.6. The third kappa shape index (κ3) is 3.55. The van der Waals surface area contributed by atoms with Crippen molar-refractivity contribution in [3.8, 4) is 0 Å². The summed E-state index contributed by atoms with van der Waals surface area (Å²) in [5.41, 5.74) is 3.17. The minimum atomic E-state index is -0.950. The van der Waals surface area contributed by atoms with Crippen molar-refractivity contribution in [3.63, 3.8) is 0 Å². The Morgan fingerprint density at radius 3 is 2.32 bits per heavy atom. The zero-order valence-electron chi connectivity index (χ0n) is 12.6. The summed E-state index contributed by atoms with van der Waals surface area (Å²) in [7, 11) is 0. The fourth-order valence-corrected chi connectivity index (χ4v) is 3.14. The van der Waals surface area contributed by atoms with Gasteiger partial charge < -0.3 is 9.94 Å². The second kappa shape index (κ2) is 7.24. The molecule has 0 aliphatic rings. The van der Waals surface area contributed by atoms with Crippen molar-refractivity contribution < 1.29 is 14.7 Å². The van der Waals surface area contributed by atoms with Gasteiger partial charge in [0.25, 0.3) is 0 Å². The molecular weight excluding hydrogens is 298 g/mol. The number of aryl methyl sites for hydroxylation is 1. The number of hydrogen-bond acceptors (Lipinski definition) is 4. The molecule has 0 unspecified atom stereocenters. The van der Waals surface area contributed by atoms with E-state index in [0.717, 1.165) is 35.3 Å². The number of thiophene rings is 1. The average molecular weight is 317 g/mol. The second-order valence-electron chi connectivity index (χ2n) is 4.99. The lowest BCUT2D eigenvalue weighted by Gasteiger charge is -2.09. The number of hydrogen-bond donors (Lipinski definition) is 2. The highest BCUT2D eigenvalue weighted by atomic mass is 32.1. The molecule has 0 saturated carbocycles. The Hall–Kier alpha value is -2.11. The molecule has 1 aromatic heterocycles. The molecule has 2 aromatic rings. The van der Waals surface area contributed by atoms with Crippen LogP contribution in [0.3, 0.4) is 0 Å². The largest absolute Gasteiger partial charge is 0.477 e. The zero-order valence-corrected chi connectivity index (χ0v) is 13.4. The van der Waals surface area contributed by atoms with Gasteiger partial charge in [0.2, 0.25) is 0 Å². The van der Waals surface area contributed by atoms with Gasteiger partial charge in [0.15, 0.2) is 5.76 Å². The zero-order chi connectivity index (χ0) is 16.1. The van der Waals surface area contributed by atoms with E-state index in [-0.39, 0.29) is 4.88 Å². The summed E-state index contributed by atoms with van der Waals surface area (Å²) in [5.74, 6) is 4.96. The van der Waals surface area contributed by atoms with E-state index in [0.29, 0.717) is 10.6 Å². The van der Waals surface area contributed by atoms with Crippen molar-refractivity contribution in [2.24, 2.45) is 5.90 Å². The molecule has 0 spiro atoms. The van der Waals surface area contributed by atoms with Crippen LogP contribution in [-0.2, 0) is 11.3 Å². The summed E-state index contributed by atoms with van der Waals surface area (Å²) < 4.78 is 0. The van der Waals surface area contributed by atoms with Crippen LogP contribution in [0.15, 0.2) is 36.4 Å². The molecule has 3 N–H and O–H groups in total. The van der Waals surface area contributed by atoms with Gasteiger partial charge in [0.1, 0.15) is 4.88 Å². The van der Waals surface area contributed by atoms with E-state index in [1.807, 2.05) is 19.1 Å².